The van der Waals surface area contributed by atoms with Crippen LogP contribution >= 0.6 is 11.8 Å². The molecule has 0 aromatic heterocycles. The highest BCUT2D eigenvalue weighted by atomic mass is 32.2. The van der Waals surface area contributed by atoms with Crippen LogP contribution in [0.25, 0.3) is 0 Å². The van der Waals surface area contributed by atoms with Gasteiger partial charge in [0.1, 0.15) is 11.6 Å². The largest absolute Gasteiger partial charge is 0.481 e. The van der Waals surface area contributed by atoms with Gasteiger partial charge in [-0.25, -0.2) is 4.39 Å². The first kappa shape index (κ1) is 22.1. The van der Waals surface area contributed by atoms with Crippen LogP contribution in [0.15, 0.2) is 36.0 Å². The predicted octanol–water partition coefficient (Wildman–Crippen LogP) is 3.82. The van der Waals surface area contributed by atoms with Crippen LogP contribution in [0.3, 0.4) is 0 Å². The number of amides is 1. The molecule has 0 bridgehead atoms. The van der Waals surface area contributed by atoms with Crippen molar-refractivity contribution in [3.8, 4) is 0 Å². The van der Waals surface area contributed by atoms with Crippen LogP contribution in [0.5, 0.6) is 0 Å². The summed E-state index contributed by atoms with van der Waals surface area (Å²) in [6, 6.07) is 6.03. The summed E-state index contributed by atoms with van der Waals surface area (Å²) in [5, 5.41) is 8.64. The zero-order valence-corrected chi connectivity index (χ0v) is 16.7. The monoisotopic (exact) mass is 407 g/mol. The minimum atomic E-state index is -0.792. The van der Waals surface area contributed by atoms with Gasteiger partial charge in [0, 0.05) is 43.7 Å². The number of Topliss-reactive ketones (excluding diaryl/α,β-unsaturated/α-hetero) is 1. The number of piperidine rings is 1. The zero-order chi connectivity index (χ0) is 20.4. The number of hydrogen-bond donors (Lipinski definition) is 1. The molecular formula is C21H26FNO4S. The number of carboxylic acid groups (broad SMARTS) is 1. The number of carboxylic acids is 1. The second kappa shape index (κ2) is 11.6. The Kier molecular flexibility index (Phi) is 9.20. The third-order valence-corrected chi connectivity index (χ3v) is 5.51. The van der Waals surface area contributed by atoms with E-state index in [-0.39, 0.29) is 36.8 Å². The van der Waals surface area contributed by atoms with E-state index in [0.29, 0.717) is 24.9 Å². The van der Waals surface area contributed by atoms with Gasteiger partial charge in [-0.15, -0.1) is 0 Å². The Balaban J connectivity index is 1.83. The lowest BCUT2D eigenvalue weighted by Gasteiger charge is -2.30. The summed E-state index contributed by atoms with van der Waals surface area (Å²) in [4.78, 5) is 36.7. The van der Waals surface area contributed by atoms with Gasteiger partial charge in [0.25, 0.3) is 0 Å². The van der Waals surface area contributed by atoms with E-state index in [4.69, 9.17) is 5.11 Å². The summed E-state index contributed by atoms with van der Waals surface area (Å²) in [5.74, 6) is 0.397. The third-order valence-electron chi connectivity index (χ3n) is 4.47. The van der Waals surface area contributed by atoms with Crippen LogP contribution in [0.1, 0.15) is 44.1 Å². The van der Waals surface area contributed by atoms with Gasteiger partial charge >= 0.3 is 5.97 Å². The highest BCUT2D eigenvalue weighted by molar-refractivity contribution is 7.99. The third kappa shape index (κ3) is 7.84. The number of benzene rings is 1. The number of carbonyl (C=O) groups is 3. The first-order valence-corrected chi connectivity index (χ1v) is 10.7. The molecular weight excluding hydrogens is 381 g/mol. The summed E-state index contributed by atoms with van der Waals surface area (Å²) in [6.45, 7) is 0.570. The van der Waals surface area contributed by atoms with E-state index in [1.807, 2.05) is 6.08 Å². The van der Waals surface area contributed by atoms with Crippen LogP contribution in [0.4, 0.5) is 4.39 Å². The van der Waals surface area contributed by atoms with Crippen molar-refractivity contribution in [2.24, 2.45) is 0 Å². The van der Waals surface area contributed by atoms with Crippen LogP contribution in [-0.2, 0) is 20.8 Å². The first-order valence-electron chi connectivity index (χ1n) is 9.51. The molecule has 5 nitrogen and oxygen atoms in total. The molecule has 1 aromatic rings. The molecule has 1 amide bonds. The molecule has 0 spiro atoms. The van der Waals surface area contributed by atoms with E-state index in [2.05, 4.69) is 0 Å². The number of likely N-dealkylation sites (tertiary alicyclic amines) is 1. The number of thioether (sulfide) groups is 1. The Labute approximate surface area is 169 Å². The topological polar surface area (TPSA) is 74.7 Å². The van der Waals surface area contributed by atoms with Gasteiger partial charge in [0.05, 0.1) is 0 Å². The van der Waals surface area contributed by atoms with Gasteiger partial charge in [0.15, 0.2) is 0 Å². The quantitative estimate of drug-likeness (QED) is 0.565. The summed E-state index contributed by atoms with van der Waals surface area (Å²) < 4.78 is 13.2. The van der Waals surface area contributed by atoms with E-state index in [0.717, 1.165) is 30.0 Å². The van der Waals surface area contributed by atoms with Gasteiger partial charge < -0.3 is 10.0 Å². The average molecular weight is 408 g/mol. The Morgan fingerprint density at radius 3 is 2.82 bits per heavy atom. The molecule has 1 aromatic carbocycles. The zero-order valence-electron chi connectivity index (χ0n) is 15.9. The summed E-state index contributed by atoms with van der Waals surface area (Å²) in [7, 11) is 0. The highest BCUT2D eigenvalue weighted by Gasteiger charge is 2.22. The van der Waals surface area contributed by atoms with Gasteiger partial charge in [-0.3, -0.25) is 14.4 Å². The molecule has 0 radical (unpaired) electrons. The standard InChI is InChI=1S/C21H26FNO4S/c22-17-5-1-4-16(14-17)15-19(24)10-9-18-6-2-7-20(25)23(18)11-13-28-12-3-8-21(26)27/h1,4-5,9,14H,2-3,6-8,10-13,15H2,(H,26,27). The fourth-order valence-electron chi connectivity index (χ4n) is 3.09. The molecule has 0 atom stereocenters. The SMILES string of the molecule is O=C(O)CCCSCCN1C(=O)CCCC1=CCC(=O)Cc1cccc(F)c1. The molecule has 1 aliphatic heterocycles. The molecule has 28 heavy (non-hydrogen) atoms. The second-order valence-corrected chi connectivity index (χ2v) is 7.98. The van der Waals surface area contributed by atoms with E-state index >= 15 is 0 Å². The average Bonchev–Trinajstić information content (AvgIpc) is 2.64. The molecule has 1 heterocycles. The van der Waals surface area contributed by atoms with Crippen LogP contribution < -0.4 is 0 Å². The van der Waals surface area contributed by atoms with Crippen molar-refractivity contribution in [1.82, 2.24) is 4.90 Å². The van der Waals surface area contributed by atoms with E-state index in [1.165, 1.54) is 12.1 Å². The number of halogens is 1. The fraction of sp³-hybridized carbons (Fsp3) is 0.476. The van der Waals surface area contributed by atoms with Gasteiger partial charge in [-0.2, -0.15) is 11.8 Å². The molecule has 1 aliphatic rings. The molecule has 152 valence electrons. The normalized spacial score (nSPS) is 15.8. The van der Waals surface area contributed by atoms with Gasteiger partial charge in [-0.1, -0.05) is 18.2 Å². The van der Waals surface area contributed by atoms with Crippen molar-refractivity contribution in [3.05, 3.63) is 47.4 Å². The van der Waals surface area contributed by atoms with E-state index < -0.39 is 5.97 Å². The maximum Gasteiger partial charge on any atom is 0.303 e. The Hall–Kier alpha value is -2.15. The van der Waals surface area contributed by atoms with Crippen molar-refractivity contribution in [3.63, 3.8) is 0 Å². The number of rotatable bonds is 11. The van der Waals surface area contributed by atoms with Crippen LogP contribution in [-0.4, -0.2) is 45.7 Å². The van der Waals surface area contributed by atoms with E-state index in [1.54, 1.807) is 28.8 Å². The highest BCUT2D eigenvalue weighted by Crippen LogP contribution is 2.23. The second-order valence-electron chi connectivity index (χ2n) is 6.75. The lowest BCUT2D eigenvalue weighted by molar-refractivity contribution is -0.137. The predicted molar refractivity (Wildman–Crippen MR) is 108 cm³/mol. The van der Waals surface area contributed by atoms with Gasteiger partial charge in [-0.05, 0) is 42.7 Å². The number of aliphatic carboxylic acids is 1. The molecule has 1 N–H and O–H groups in total. The molecule has 1 fully saturated rings. The lowest BCUT2D eigenvalue weighted by atomic mass is 10.0. The van der Waals surface area contributed by atoms with Crippen molar-refractivity contribution < 1.29 is 23.9 Å². The maximum atomic E-state index is 13.2. The van der Waals surface area contributed by atoms with Gasteiger partial charge in [0.2, 0.25) is 5.91 Å². The Morgan fingerprint density at radius 1 is 1.25 bits per heavy atom. The molecule has 2 rings (SSSR count). The number of carbonyl (C=O) groups excluding carboxylic acids is 2. The minimum absolute atomic E-state index is 0.0147. The molecule has 1 saturated heterocycles. The van der Waals surface area contributed by atoms with Crippen molar-refractivity contribution in [1.29, 1.82) is 0 Å². The molecule has 0 unspecified atom stereocenters. The minimum Gasteiger partial charge on any atom is -0.481 e. The maximum absolute atomic E-state index is 13.2. The smallest absolute Gasteiger partial charge is 0.303 e. The summed E-state index contributed by atoms with van der Waals surface area (Å²) in [6.07, 6.45) is 5.06. The Morgan fingerprint density at radius 2 is 2.07 bits per heavy atom. The summed E-state index contributed by atoms with van der Waals surface area (Å²) >= 11 is 1.63. The lowest BCUT2D eigenvalue weighted by Crippen LogP contribution is -2.35. The van der Waals surface area contributed by atoms with Crippen molar-refractivity contribution in [2.75, 3.05) is 18.1 Å². The molecule has 0 saturated carbocycles. The Bertz CT molecular complexity index is 735. The fourth-order valence-corrected chi connectivity index (χ4v) is 3.96. The van der Waals surface area contributed by atoms with Crippen molar-refractivity contribution in [2.45, 2.75) is 44.9 Å². The van der Waals surface area contributed by atoms with Crippen LogP contribution in [0, 0.1) is 5.82 Å². The summed E-state index contributed by atoms with van der Waals surface area (Å²) in [5.41, 5.74) is 1.53. The number of ketones is 1. The van der Waals surface area contributed by atoms with E-state index in [9.17, 15) is 18.8 Å². The number of allylic oxidation sites excluding steroid dienone is 2. The molecule has 7 heteroatoms. The van der Waals surface area contributed by atoms with Crippen molar-refractivity contribution >= 4 is 29.4 Å². The number of nitrogens with zero attached hydrogens (tertiary/aromatic N) is 1. The molecule has 0 aliphatic carbocycles. The van der Waals surface area contributed by atoms with Crippen LogP contribution in [0.2, 0.25) is 0 Å². The number of hydrogen-bond acceptors (Lipinski definition) is 4. The first-order chi connectivity index (χ1) is 13.5.